The number of nitriles is 1. The van der Waals surface area contributed by atoms with Gasteiger partial charge in [-0.3, -0.25) is 0 Å². The van der Waals surface area contributed by atoms with Crippen LogP contribution < -0.4 is 5.32 Å². The molecule has 1 saturated heterocycles. The molecule has 0 spiro atoms. The van der Waals surface area contributed by atoms with E-state index in [1.807, 2.05) is 14.0 Å². The van der Waals surface area contributed by atoms with Gasteiger partial charge >= 0.3 is 0 Å². The van der Waals surface area contributed by atoms with E-state index in [-0.39, 0.29) is 5.54 Å². The molecule has 0 amide bonds. The third-order valence-electron chi connectivity index (χ3n) is 4.24. The zero-order chi connectivity index (χ0) is 13.6. The Labute approximate surface area is 112 Å². The van der Waals surface area contributed by atoms with Gasteiger partial charge in [0.05, 0.1) is 6.07 Å². The minimum absolute atomic E-state index is 0.352. The highest BCUT2D eigenvalue weighted by molar-refractivity contribution is 5.02. The smallest absolute Gasteiger partial charge is 0.103 e. The van der Waals surface area contributed by atoms with E-state index in [1.54, 1.807) is 0 Å². The van der Waals surface area contributed by atoms with Crippen LogP contribution in [-0.4, -0.2) is 61.7 Å². The average molecular weight is 252 g/mol. The van der Waals surface area contributed by atoms with Crippen LogP contribution in [0.2, 0.25) is 0 Å². The Kier molecular flexibility index (Phi) is 6.07. The zero-order valence-electron chi connectivity index (χ0n) is 12.4. The standard InChI is InChI=1S/C14H28N4/c1-13-11-18(10-9-17(13)4)8-6-5-7-14(2,12-15)16-3/h13,16H,5-11H2,1-4H3. The number of unbranched alkanes of at least 4 members (excludes halogenated alkanes) is 1. The summed E-state index contributed by atoms with van der Waals surface area (Å²) in [6.07, 6.45) is 3.24. The van der Waals surface area contributed by atoms with E-state index in [0.29, 0.717) is 6.04 Å². The highest BCUT2D eigenvalue weighted by atomic mass is 15.3. The van der Waals surface area contributed by atoms with Gasteiger partial charge in [-0.15, -0.1) is 0 Å². The monoisotopic (exact) mass is 252 g/mol. The van der Waals surface area contributed by atoms with Gasteiger partial charge in [-0.2, -0.15) is 5.26 Å². The molecule has 0 radical (unpaired) electrons. The quantitative estimate of drug-likeness (QED) is 0.724. The molecular weight excluding hydrogens is 224 g/mol. The van der Waals surface area contributed by atoms with Crippen LogP contribution in [0.25, 0.3) is 0 Å². The van der Waals surface area contributed by atoms with Crippen molar-refractivity contribution in [3.63, 3.8) is 0 Å². The highest BCUT2D eigenvalue weighted by Crippen LogP contribution is 2.13. The summed E-state index contributed by atoms with van der Waals surface area (Å²) in [4.78, 5) is 4.97. The van der Waals surface area contributed by atoms with E-state index in [1.165, 1.54) is 32.6 Å². The van der Waals surface area contributed by atoms with Crippen molar-refractivity contribution < 1.29 is 0 Å². The molecule has 1 fully saturated rings. The minimum Gasteiger partial charge on any atom is -0.303 e. The molecule has 1 heterocycles. The summed E-state index contributed by atoms with van der Waals surface area (Å²) in [6, 6.07) is 3.02. The molecule has 4 nitrogen and oxygen atoms in total. The Morgan fingerprint density at radius 2 is 2.11 bits per heavy atom. The SMILES string of the molecule is CNC(C)(C#N)CCCCN1CCN(C)C(C)C1. The summed E-state index contributed by atoms with van der Waals surface area (Å²) < 4.78 is 0. The van der Waals surface area contributed by atoms with Gasteiger partial charge in [0.15, 0.2) is 0 Å². The molecule has 2 atom stereocenters. The second kappa shape index (κ2) is 7.08. The van der Waals surface area contributed by atoms with Crippen LogP contribution in [0.1, 0.15) is 33.1 Å². The second-order valence-corrected chi connectivity index (χ2v) is 5.78. The van der Waals surface area contributed by atoms with Crippen molar-refractivity contribution in [2.24, 2.45) is 0 Å². The first-order valence-electron chi connectivity index (χ1n) is 7.03. The van der Waals surface area contributed by atoms with E-state index < -0.39 is 0 Å². The number of piperazine rings is 1. The van der Waals surface area contributed by atoms with Crippen LogP contribution in [0.4, 0.5) is 0 Å². The summed E-state index contributed by atoms with van der Waals surface area (Å²) in [7, 11) is 4.07. The van der Waals surface area contributed by atoms with Crippen molar-refractivity contribution in [2.45, 2.75) is 44.7 Å². The van der Waals surface area contributed by atoms with E-state index in [2.05, 4.69) is 35.2 Å². The van der Waals surface area contributed by atoms with Gasteiger partial charge in [0.25, 0.3) is 0 Å². The normalized spacial score (nSPS) is 25.6. The fraction of sp³-hybridized carbons (Fsp3) is 0.929. The molecule has 0 aromatic rings. The predicted octanol–water partition coefficient (Wildman–Crippen LogP) is 1.29. The topological polar surface area (TPSA) is 42.3 Å². The van der Waals surface area contributed by atoms with Crippen LogP contribution in [0, 0.1) is 11.3 Å². The molecule has 18 heavy (non-hydrogen) atoms. The first-order chi connectivity index (χ1) is 8.50. The summed E-state index contributed by atoms with van der Waals surface area (Å²) in [5.41, 5.74) is -0.352. The van der Waals surface area contributed by atoms with Gasteiger partial charge in [-0.1, -0.05) is 0 Å². The number of rotatable bonds is 6. The lowest BCUT2D eigenvalue weighted by atomic mass is 9.97. The van der Waals surface area contributed by atoms with Crippen molar-refractivity contribution in [1.29, 1.82) is 5.26 Å². The molecular formula is C14H28N4. The van der Waals surface area contributed by atoms with Crippen molar-refractivity contribution in [2.75, 3.05) is 40.3 Å². The molecule has 2 unspecified atom stereocenters. The molecule has 0 aliphatic carbocycles. The van der Waals surface area contributed by atoms with Gasteiger partial charge in [0.2, 0.25) is 0 Å². The van der Waals surface area contributed by atoms with Crippen LogP contribution in [0.15, 0.2) is 0 Å². The number of hydrogen-bond donors (Lipinski definition) is 1. The largest absolute Gasteiger partial charge is 0.303 e. The van der Waals surface area contributed by atoms with Gasteiger partial charge < -0.3 is 15.1 Å². The summed E-state index contributed by atoms with van der Waals surface area (Å²) >= 11 is 0. The fourth-order valence-corrected chi connectivity index (χ4v) is 2.38. The maximum Gasteiger partial charge on any atom is 0.103 e. The van der Waals surface area contributed by atoms with Crippen LogP contribution in [0.5, 0.6) is 0 Å². The Bertz CT molecular complexity index is 286. The van der Waals surface area contributed by atoms with Gasteiger partial charge in [0, 0.05) is 25.7 Å². The third kappa shape index (κ3) is 4.56. The third-order valence-corrected chi connectivity index (χ3v) is 4.24. The average Bonchev–Trinajstić information content (AvgIpc) is 2.38. The van der Waals surface area contributed by atoms with Gasteiger partial charge in [-0.25, -0.2) is 0 Å². The Morgan fingerprint density at radius 1 is 1.39 bits per heavy atom. The highest BCUT2D eigenvalue weighted by Gasteiger charge is 2.22. The predicted molar refractivity (Wildman–Crippen MR) is 75.5 cm³/mol. The number of nitrogens with one attached hydrogen (secondary N) is 1. The maximum absolute atomic E-state index is 9.07. The summed E-state index contributed by atoms with van der Waals surface area (Å²) in [5.74, 6) is 0. The minimum atomic E-state index is -0.352. The Balaban J connectivity index is 2.17. The lowest BCUT2D eigenvalue weighted by Gasteiger charge is -2.37. The van der Waals surface area contributed by atoms with Crippen molar-refractivity contribution >= 4 is 0 Å². The number of hydrogen-bond acceptors (Lipinski definition) is 4. The molecule has 4 heteroatoms. The molecule has 0 bridgehead atoms. The molecule has 0 saturated carbocycles. The van der Waals surface area contributed by atoms with Gasteiger partial charge in [0.1, 0.15) is 5.54 Å². The van der Waals surface area contributed by atoms with Crippen LogP contribution in [-0.2, 0) is 0 Å². The first kappa shape index (κ1) is 15.4. The van der Waals surface area contributed by atoms with Crippen molar-refractivity contribution in [1.82, 2.24) is 15.1 Å². The molecule has 1 aliphatic heterocycles. The zero-order valence-corrected chi connectivity index (χ0v) is 12.4. The van der Waals surface area contributed by atoms with E-state index in [0.717, 1.165) is 12.8 Å². The molecule has 0 aromatic carbocycles. The van der Waals surface area contributed by atoms with E-state index in [4.69, 9.17) is 5.26 Å². The number of nitrogens with zero attached hydrogens (tertiary/aromatic N) is 3. The summed E-state index contributed by atoms with van der Waals surface area (Å²) in [5, 5.41) is 12.2. The Morgan fingerprint density at radius 3 is 2.67 bits per heavy atom. The van der Waals surface area contributed by atoms with Crippen molar-refractivity contribution in [3.05, 3.63) is 0 Å². The molecule has 1 rings (SSSR count). The molecule has 1 aliphatic rings. The number of likely N-dealkylation sites (N-methyl/N-ethyl adjacent to an activating group) is 1. The van der Waals surface area contributed by atoms with E-state index in [9.17, 15) is 0 Å². The fourth-order valence-electron chi connectivity index (χ4n) is 2.38. The Hall–Kier alpha value is -0.630. The van der Waals surface area contributed by atoms with Gasteiger partial charge in [-0.05, 0) is 53.8 Å². The lowest BCUT2D eigenvalue weighted by molar-refractivity contribution is 0.103. The maximum atomic E-state index is 9.07. The molecule has 104 valence electrons. The summed E-state index contributed by atoms with van der Waals surface area (Å²) in [6.45, 7) is 8.97. The lowest BCUT2D eigenvalue weighted by Crippen LogP contribution is -2.50. The van der Waals surface area contributed by atoms with Crippen molar-refractivity contribution in [3.8, 4) is 6.07 Å². The molecule has 1 N–H and O–H groups in total. The van der Waals surface area contributed by atoms with Crippen LogP contribution >= 0.6 is 0 Å². The second-order valence-electron chi connectivity index (χ2n) is 5.78. The van der Waals surface area contributed by atoms with E-state index >= 15 is 0 Å². The van der Waals surface area contributed by atoms with Crippen LogP contribution in [0.3, 0.4) is 0 Å². The molecule has 0 aromatic heterocycles. The first-order valence-corrected chi connectivity index (χ1v) is 7.03.